The fraction of sp³-hybridized carbons (Fsp3) is 0.154. The first-order valence-corrected chi connectivity index (χ1v) is 11.3. The van der Waals surface area contributed by atoms with Crippen LogP contribution in [0.25, 0.3) is 22.4 Å². The van der Waals surface area contributed by atoms with Crippen molar-refractivity contribution in [2.24, 2.45) is 0 Å². The van der Waals surface area contributed by atoms with E-state index in [0.29, 0.717) is 27.3 Å². The van der Waals surface area contributed by atoms with Gasteiger partial charge in [0, 0.05) is 5.56 Å². The van der Waals surface area contributed by atoms with E-state index in [1.807, 2.05) is 0 Å². The molecule has 38 heavy (non-hydrogen) atoms. The van der Waals surface area contributed by atoms with Gasteiger partial charge in [-0.1, -0.05) is 12.1 Å². The molecule has 3 aromatic carbocycles. The number of anilines is 2. The molecule has 2 N–H and O–H groups in total. The monoisotopic (exact) mass is 526 g/mol. The summed E-state index contributed by atoms with van der Waals surface area (Å²) >= 11 is 0. The lowest BCUT2D eigenvalue weighted by Gasteiger charge is -2.31. The number of carbonyl (C=O) groups is 3. The van der Waals surface area contributed by atoms with Crippen molar-refractivity contribution in [1.29, 1.82) is 0 Å². The molecule has 0 spiro atoms. The average molecular weight is 526 g/mol. The number of para-hydroxylation sites is 2. The Labute approximate surface area is 212 Å². The Hall–Kier alpha value is -4.74. The Morgan fingerprint density at radius 1 is 1.05 bits per heavy atom. The predicted octanol–water partition coefficient (Wildman–Crippen LogP) is 4.83. The van der Waals surface area contributed by atoms with Crippen molar-refractivity contribution in [2.45, 2.75) is 18.6 Å². The second-order valence-corrected chi connectivity index (χ2v) is 8.49. The molecule has 0 saturated carbocycles. The first kappa shape index (κ1) is 24.9. The molecule has 4 aromatic rings. The van der Waals surface area contributed by atoms with Crippen LogP contribution in [-0.2, 0) is 14.3 Å². The quantitative estimate of drug-likeness (QED) is 0.293. The van der Waals surface area contributed by atoms with Crippen LogP contribution in [0.15, 0.2) is 66.7 Å². The minimum absolute atomic E-state index is 0.0279. The molecule has 5 rings (SSSR count). The molecule has 0 bridgehead atoms. The average Bonchev–Trinajstić information content (AvgIpc) is 3.23. The van der Waals surface area contributed by atoms with E-state index in [9.17, 15) is 31.9 Å². The van der Waals surface area contributed by atoms with E-state index < -0.39 is 48.8 Å². The van der Waals surface area contributed by atoms with Gasteiger partial charge in [-0.15, -0.1) is 0 Å². The molecule has 12 heteroatoms. The second-order valence-electron chi connectivity index (χ2n) is 8.49. The van der Waals surface area contributed by atoms with E-state index in [0.717, 1.165) is 0 Å². The molecular formula is C26H18F4N4O4. The molecule has 0 aliphatic carbocycles. The summed E-state index contributed by atoms with van der Waals surface area (Å²) < 4.78 is 59.8. The zero-order valence-electron chi connectivity index (χ0n) is 19.4. The maximum absolute atomic E-state index is 13.8. The van der Waals surface area contributed by atoms with E-state index in [4.69, 9.17) is 4.74 Å². The molecule has 1 aliphatic heterocycles. The van der Waals surface area contributed by atoms with Crippen LogP contribution in [0.1, 0.15) is 16.8 Å². The first-order chi connectivity index (χ1) is 18.1. The number of amides is 2. The van der Waals surface area contributed by atoms with Crippen molar-refractivity contribution < 1.29 is 36.7 Å². The summed E-state index contributed by atoms with van der Waals surface area (Å²) in [4.78, 5) is 45.6. The van der Waals surface area contributed by atoms with Crippen LogP contribution >= 0.6 is 0 Å². The number of aromatic amines is 1. The van der Waals surface area contributed by atoms with Crippen LogP contribution in [-0.4, -0.2) is 46.6 Å². The van der Waals surface area contributed by atoms with E-state index >= 15 is 0 Å². The smallest absolute Gasteiger partial charge is 0.409 e. The third-order valence-corrected chi connectivity index (χ3v) is 5.94. The highest BCUT2D eigenvalue weighted by atomic mass is 19.4. The molecule has 8 nitrogen and oxygen atoms in total. The number of carbonyl (C=O) groups excluding carboxylic acids is 3. The lowest BCUT2D eigenvalue weighted by Crippen LogP contribution is -2.51. The number of rotatable bonds is 4. The van der Waals surface area contributed by atoms with Gasteiger partial charge in [-0.2, -0.15) is 13.2 Å². The molecular weight excluding hydrogens is 508 g/mol. The number of H-pyrrole nitrogens is 1. The summed E-state index contributed by atoms with van der Waals surface area (Å²) in [6, 6.07) is 13.1. The normalized spacial score (nSPS) is 15.5. The van der Waals surface area contributed by atoms with Gasteiger partial charge in [0.15, 0.2) is 6.61 Å². The molecule has 0 radical (unpaired) electrons. The van der Waals surface area contributed by atoms with Gasteiger partial charge < -0.3 is 15.0 Å². The summed E-state index contributed by atoms with van der Waals surface area (Å²) in [5.74, 6) is -2.97. The van der Waals surface area contributed by atoms with Crippen LogP contribution < -0.4 is 10.2 Å². The highest BCUT2D eigenvalue weighted by Gasteiger charge is 2.49. The van der Waals surface area contributed by atoms with E-state index in [-0.39, 0.29) is 16.9 Å². The van der Waals surface area contributed by atoms with Gasteiger partial charge in [0.25, 0.3) is 5.91 Å². The van der Waals surface area contributed by atoms with Crippen molar-refractivity contribution in [1.82, 2.24) is 9.97 Å². The van der Waals surface area contributed by atoms with Crippen molar-refractivity contribution in [3.8, 4) is 11.4 Å². The van der Waals surface area contributed by atoms with Crippen molar-refractivity contribution >= 4 is 40.2 Å². The van der Waals surface area contributed by atoms with Gasteiger partial charge in [0.05, 0.1) is 34.4 Å². The second kappa shape index (κ2) is 9.61. The maximum Gasteiger partial charge on any atom is 0.409 e. The van der Waals surface area contributed by atoms with Crippen LogP contribution in [0.5, 0.6) is 0 Å². The maximum atomic E-state index is 13.8. The third kappa shape index (κ3) is 4.92. The highest BCUT2D eigenvalue weighted by Crippen LogP contribution is 2.37. The number of nitrogens with one attached hydrogen (secondary N) is 2. The molecule has 2 amide bonds. The standard InChI is InChI=1S/C26H18F4N4O4/c27-16-8-5-14(6-9-16)24-32-17-10-7-15(11-19(17)33-24)25(37)38-13-23(36)34-20-4-2-1-3-18(20)31-22(35)12-21(34)26(28,29)30/h1-11,21H,12-13H2,(H,31,35)(H,32,33). The molecule has 194 valence electrons. The lowest BCUT2D eigenvalue weighted by molar-refractivity contribution is -0.158. The van der Waals surface area contributed by atoms with Crippen molar-refractivity contribution in [2.75, 3.05) is 16.8 Å². The molecule has 0 fully saturated rings. The number of hydrogen-bond acceptors (Lipinski definition) is 5. The number of benzene rings is 3. The van der Waals surface area contributed by atoms with Crippen LogP contribution in [0.3, 0.4) is 0 Å². The van der Waals surface area contributed by atoms with Crippen LogP contribution in [0.4, 0.5) is 28.9 Å². The Morgan fingerprint density at radius 3 is 2.53 bits per heavy atom. The minimum Gasteiger partial charge on any atom is -0.452 e. The molecule has 1 aromatic heterocycles. The van der Waals surface area contributed by atoms with Gasteiger partial charge >= 0.3 is 12.1 Å². The number of fused-ring (bicyclic) bond motifs is 2. The van der Waals surface area contributed by atoms with E-state index in [1.165, 1.54) is 66.7 Å². The zero-order chi connectivity index (χ0) is 27.0. The Kier molecular flexibility index (Phi) is 6.31. The molecule has 1 atom stereocenters. The van der Waals surface area contributed by atoms with Gasteiger partial charge in [-0.25, -0.2) is 14.2 Å². The number of hydrogen-bond donors (Lipinski definition) is 2. The summed E-state index contributed by atoms with van der Waals surface area (Å²) in [6.45, 7) is -0.990. The number of alkyl halides is 3. The number of nitrogens with zero attached hydrogens (tertiary/aromatic N) is 2. The number of ether oxygens (including phenoxy) is 1. The number of halogens is 4. The topological polar surface area (TPSA) is 104 Å². The summed E-state index contributed by atoms with van der Waals surface area (Å²) in [6.07, 6.45) is -5.92. The van der Waals surface area contributed by atoms with Crippen LogP contribution in [0, 0.1) is 5.82 Å². The lowest BCUT2D eigenvalue weighted by atomic mass is 10.1. The first-order valence-electron chi connectivity index (χ1n) is 11.3. The Morgan fingerprint density at radius 2 is 1.79 bits per heavy atom. The highest BCUT2D eigenvalue weighted by molar-refractivity contribution is 6.05. The zero-order valence-corrected chi connectivity index (χ0v) is 19.4. The molecule has 1 unspecified atom stereocenters. The summed E-state index contributed by atoms with van der Waals surface area (Å²) in [7, 11) is 0. The SMILES string of the molecule is O=C1CC(C(F)(F)F)N(C(=O)COC(=O)c2ccc3nc(-c4ccc(F)cc4)[nH]c3c2)c2ccccc2N1. The summed E-state index contributed by atoms with van der Waals surface area (Å²) in [5, 5.41) is 2.37. The number of esters is 1. The summed E-state index contributed by atoms with van der Waals surface area (Å²) in [5.41, 5.74) is 1.47. The largest absolute Gasteiger partial charge is 0.452 e. The third-order valence-electron chi connectivity index (χ3n) is 5.94. The minimum atomic E-state index is -4.91. The molecule has 0 saturated heterocycles. The fourth-order valence-electron chi connectivity index (χ4n) is 4.16. The number of imidazole rings is 1. The van der Waals surface area contributed by atoms with Gasteiger partial charge in [-0.3, -0.25) is 14.5 Å². The van der Waals surface area contributed by atoms with Crippen molar-refractivity contribution in [3.63, 3.8) is 0 Å². The van der Waals surface area contributed by atoms with Gasteiger partial charge in [0.1, 0.15) is 17.7 Å². The van der Waals surface area contributed by atoms with Gasteiger partial charge in [-0.05, 0) is 54.6 Å². The van der Waals surface area contributed by atoms with E-state index in [2.05, 4.69) is 15.3 Å². The van der Waals surface area contributed by atoms with Crippen LogP contribution in [0.2, 0.25) is 0 Å². The molecule has 1 aliphatic rings. The van der Waals surface area contributed by atoms with E-state index in [1.54, 1.807) is 0 Å². The number of aromatic nitrogens is 2. The van der Waals surface area contributed by atoms with Gasteiger partial charge in [0.2, 0.25) is 5.91 Å². The Balaban J connectivity index is 1.36. The van der Waals surface area contributed by atoms with Crippen molar-refractivity contribution in [3.05, 3.63) is 78.1 Å². The Bertz CT molecular complexity index is 1550. The predicted molar refractivity (Wildman–Crippen MR) is 129 cm³/mol. The molecule has 2 heterocycles. The fourth-order valence-corrected chi connectivity index (χ4v) is 4.16.